The smallest absolute Gasteiger partial charge is 0.00556 e. The number of rotatable bonds is 1. The molecule has 0 heterocycles. The second-order valence-electron chi connectivity index (χ2n) is 5.93. The number of hydrogen-bond acceptors (Lipinski definition) is 0. The molecule has 0 aliphatic heterocycles. The van der Waals surface area contributed by atoms with Gasteiger partial charge in [0.15, 0.2) is 0 Å². The lowest BCUT2D eigenvalue weighted by Gasteiger charge is -2.41. The van der Waals surface area contributed by atoms with Gasteiger partial charge in [-0.2, -0.15) is 0 Å². The van der Waals surface area contributed by atoms with Gasteiger partial charge in [0.25, 0.3) is 0 Å². The van der Waals surface area contributed by atoms with Gasteiger partial charge in [-0.05, 0) is 48.9 Å². The van der Waals surface area contributed by atoms with E-state index >= 15 is 0 Å². The fourth-order valence-corrected chi connectivity index (χ4v) is 3.82. The molecule has 1 fully saturated rings. The Morgan fingerprint density at radius 2 is 2.13 bits per heavy atom. The predicted octanol–water partition coefficient (Wildman–Crippen LogP) is 4.58. The molecule has 0 heteroatoms. The summed E-state index contributed by atoms with van der Waals surface area (Å²) < 4.78 is 0. The van der Waals surface area contributed by atoms with Gasteiger partial charge in [-0.25, -0.2) is 0 Å². The quantitative estimate of drug-likeness (QED) is 0.586. The van der Waals surface area contributed by atoms with E-state index in [4.69, 9.17) is 0 Å². The van der Waals surface area contributed by atoms with Crippen LogP contribution in [-0.4, -0.2) is 0 Å². The zero-order chi connectivity index (χ0) is 11.1. The molecule has 15 heavy (non-hydrogen) atoms. The summed E-state index contributed by atoms with van der Waals surface area (Å²) in [7, 11) is 0. The maximum atomic E-state index is 4.08. The van der Waals surface area contributed by atoms with Gasteiger partial charge in [-0.3, -0.25) is 0 Å². The predicted molar refractivity (Wildman–Crippen MR) is 66.7 cm³/mol. The summed E-state index contributed by atoms with van der Waals surface area (Å²) in [6.07, 6.45) is 10.2. The first-order valence-electron chi connectivity index (χ1n) is 6.43. The summed E-state index contributed by atoms with van der Waals surface area (Å²) in [5.74, 6) is 2.59. The topological polar surface area (TPSA) is 0 Å². The lowest BCUT2D eigenvalue weighted by atomic mass is 9.63. The highest BCUT2D eigenvalue weighted by Gasteiger charge is 2.47. The molecule has 3 atom stereocenters. The van der Waals surface area contributed by atoms with E-state index in [0.717, 1.165) is 17.8 Å². The lowest BCUT2D eigenvalue weighted by molar-refractivity contribution is 0.150. The summed E-state index contributed by atoms with van der Waals surface area (Å²) >= 11 is 0. The van der Waals surface area contributed by atoms with Crippen LogP contribution in [0.25, 0.3) is 0 Å². The van der Waals surface area contributed by atoms with Crippen LogP contribution >= 0.6 is 0 Å². The molecule has 0 N–H and O–H groups in total. The molecule has 1 spiro atoms. The van der Waals surface area contributed by atoms with Crippen molar-refractivity contribution in [3.8, 4) is 0 Å². The molecule has 0 bridgehead atoms. The largest absolute Gasteiger partial charge is 0.0958 e. The molecule has 0 aromatic rings. The molecule has 1 saturated carbocycles. The van der Waals surface area contributed by atoms with Crippen LogP contribution in [0.15, 0.2) is 24.3 Å². The van der Waals surface area contributed by atoms with E-state index < -0.39 is 0 Å². The Morgan fingerprint density at radius 3 is 2.67 bits per heavy atom. The minimum atomic E-state index is 0.509. The molecule has 0 aromatic heterocycles. The van der Waals surface area contributed by atoms with Crippen molar-refractivity contribution in [2.45, 2.75) is 46.5 Å². The SMILES string of the molecule is C=C1C=CC2(CC1)C(C)CCC2C(C)C. The summed E-state index contributed by atoms with van der Waals surface area (Å²) in [4.78, 5) is 0. The Morgan fingerprint density at radius 1 is 1.40 bits per heavy atom. The average Bonchev–Trinajstić information content (AvgIpc) is 2.50. The zero-order valence-corrected chi connectivity index (χ0v) is 10.4. The highest BCUT2D eigenvalue weighted by atomic mass is 14.5. The molecule has 2 rings (SSSR count). The van der Waals surface area contributed by atoms with Crippen LogP contribution in [0.1, 0.15) is 46.5 Å². The van der Waals surface area contributed by atoms with Crippen molar-refractivity contribution in [2.75, 3.05) is 0 Å². The Labute approximate surface area is 94.5 Å². The summed E-state index contributed by atoms with van der Waals surface area (Å²) in [5, 5.41) is 0. The molecular weight excluding hydrogens is 180 g/mol. The van der Waals surface area contributed by atoms with E-state index in [1.165, 1.54) is 31.3 Å². The van der Waals surface area contributed by atoms with E-state index in [1.54, 1.807) is 0 Å². The van der Waals surface area contributed by atoms with Crippen LogP contribution in [-0.2, 0) is 0 Å². The minimum absolute atomic E-state index is 0.509. The van der Waals surface area contributed by atoms with Crippen LogP contribution in [0.4, 0.5) is 0 Å². The molecule has 0 radical (unpaired) electrons. The third-order valence-electron chi connectivity index (χ3n) is 4.83. The van der Waals surface area contributed by atoms with Crippen LogP contribution in [0.5, 0.6) is 0 Å². The Balaban J connectivity index is 2.30. The summed E-state index contributed by atoms with van der Waals surface area (Å²) in [6, 6.07) is 0. The third kappa shape index (κ3) is 1.68. The van der Waals surface area contributed by atoms with Crippen LogP contribution in [0, 0.1) is 23.2 Å². The van der Waals surface area contributed by atoms with Crippen molar-refractivity contribution >= 4 is 0 Å². The van der Waals surface area contributed by atoms with Crippen LogP contribution < -0.4 is 0 Å². The molecule has 0 amide bonds. The van der Waals surface area contributed by atoms with Crippen molar-refractivity contribution in [2.24, 2.45) is 23.2 Å². The molecule has 0 aromatic carbocycles. The Hall–Kier alpha value is -0.520. The van der Waals surface area contributed by atoms with Gasteiger partial charge in [0.1, 0.15) is 0 Å². The molecule has 2 aliphatic carbocycles. The highest BCUT2D eigenvalue weighted by molar-refractivity contribution is 5.25. The number of hydrogen-bond donors (Lipinski definition) is 0. The molecule has 3 unspecified atom stereocenters. The Bertz CT molecular complexity index is 284. The van der Waals surface area contributed by atoms with Gasteiger partial charge >= 0.3 is 0 Å². The molecule has 84 valence electrons. The lowest BCUT2D eigenvalue weighted by Crippen LogP contribution is -2.33. The van der Waals surface area contributed by atoms with Crippen molar-refractivity contribution in [1.82, 2.24) is 0 Å². The molecule has 2 aliphatic rings. The van der Waals surface area contributed by atoms with E-state index in [2.05, 4.69) is 39.5 Å². The second kappa shape index (κ2) is 3.81. The van der Waals surface area contributed by atoms with Gasteiger partial charge < -0.3 is 0 Å². The van der Waals surface area contributed by atoms with Crippen LogP contribution in [0.3, 0.4) is 0 Å². The van der Waals surface area contributed by atoms with Gasteiger partial charge in [0.05, 0.1) is 0 Å². The van der Waals surface area contributed by atoms with Gasteiger partial charge in [0, 0.05) is 0 Å². The summed E-state index contributed by atoms with van der Waals surface area (Å²) in [5.41, 5.74) is 1.83. The first-order chi connectivity index (χ1) is 7.06. The van der Waals surface area contributed by atoms with Crippen molar-refractivity contribution in [1.29, 1.82) is 0 Å². The van der Waals surface area contributed by atoms with E-state index in [0.29, 0.717) is 5.41 Å². The third-order valence-corrected chi connectivity index (χ3v) is 4.83. The van der Waals surface area contributed by atoms with E-state index in [1.807, 2.05) is 0 Å². The van der Waals surface area contributed by atoms with Gasteiger partial charge in [-0.15, -0.1) is 0 Å². The minimum Gasteiger partial charge on any atom is -0.0958 e. The maximum absolute atomic E-state index is 4.08. The first-order valence-corrected chi connectivity index (χ1v) is 6.43. The maximum Gasteiger partial charge on any atom is -0.00556 e. The normalized spacial score (nSPS) is 40.7. The highest BCUT2D eigenvalue weighted by Crippen LogP contribution is 2.56. The zero-order valence-electron chi connectivity index (χ0n) is 10.4. The molecule has 0 saturated heterocycles. The average molecular weight is 204 g/mol. The van der Waals surface area contributed by atoms with E-state index in [9.17, 15) is 0 Å². The van der Waals surface area contributed by atoms with Crippen molar-refractivity contribution in [3.05, 3.63) is 24.3 Å². The fraction of sp³-hybridized carbons (Fsp3) is 0.733. The molecule has 0 nitrogen and oxygen atoms in total. The summed E-state index contributed by atoms with van der Waals surface area (Å²) in [6.45, 7) is 11.3. The fourth-order valence-electron chi connectivity index (χ4n) is 3.82. The van der Waals surface area contributed by atoms with Gasteiger partial charge in [-0.1, -0.05) is 45.1 Å². The van der Waals surface area contributed by atoms with Crippen LogP contribution in [0.2, 0.25) is 0 Å². The second-order valence-corrected chi connectivity index (χ2v) is 5.93. The molecular formula is C15H24. The number of allylic oxidation sites excluding steroid dienone is 3. The first kappa shape index (κ1) is 11.0. The van der Waals surface area contributed by atoms with E-state index in [-0.39, 0.29) is 0 Å². The van der Waals surface area contributed by atoms with Crippen molar-refractivity contribution < 1.29 is 0 Å². The van der Waals surface area contributed by atoms with Crippen molar-refractivity contribution in [3.63, 3.8) is 0 Å². The monoisotopic (exact) mass is 204 g/mol. The Kier molecular flexibility index (Phi) is 2.79. The standard InChI is InChI=1S/C15H24/c1-11(2)14-6-5-13(4)15(14)9-7-12(3)8-10-15/h7,9,11,13-14H,3,5-6,8,10H2,1-2,4H3. The van der Waals surface area contributed by atoms with Gasteiger partial charge in [0.2, 0.25) is 0 Å².